The zero-order valence-corrected chi connectivity index (χ0v) is 17.0. The van der Waals surface area contributed by atoms with Crippen molar-refractivity contribution in [2.45, 2.75) is 59.3 Å². The van der Waals surface area contributed by atoms with E-state index in [4.69, 9.17) is 13.6 Å². The van der Waals surface area contributed by atoms with Crippen molar-refractivity contribution in [3.8, 4) is 0 Å². The van der Waals surface area contributed by atoms with Gasteiger partial charge in [0.2, 0.25) is 0 Å². The van der Waals surface area contributed by atoms with Gasteiger partial charge in [-0.1, -0.05) is 40.0 Å². The van der Waals surface area contributed by atoms with Gasteiger partial charge in [0, 0.05) is 31.1 Å². The van der Waals surface area contributed by atoms with Crippen molar-refractivity contribution in [1.29, 1.82) is 0 Å². The molecule has 0 spiro atoms. The molecule has 18 heavy (non-hydrogen) atoms. The van der Waals surface area contributed by atoms with Gasteiger partial charge in [0.1, 0.15) is 0 Å². The Morgan fingerprint density at radius 1 is 0.722 bits per heavy atom. The van der Waals surface area contributed by atoms with Crippen molar-refractivity contribution >= 4 is 7.82 Å². The number of hydrogen-bond acceptors (Lipinski definition) is 4. The summed E-state index contributed by atoms with van der Waals surface area (Å²) >= 11 is 0. The molecular weight excluding hydrogens is 477 g/mol. The molecule has 0 bridgehead atoms. The first kappa shape index (κ1) is 21.5. The number of phosphoric ester groups is 1. The van der Waals surface area contributed by atoms with Crippen LogP contribution in [0.15, 0.2) is 0 Å². The molecule has 0 aromatic heterocycles. The average Bonchev–Trinajstić information content (AvgIpc) is 2.30. The van der Waals surface area contributed by atoms with Gasteiger partial charge >= 0.3 is 7.82 Å². The van der Waals surface area contributed by atoms with Crippen LogP contribution in [0.3, 0.4) is 0 Å². The summed E-state index contributed by atoms with van der Waals surface area (Å²) in [6.45, 7) is 7.49. The smallest absolute Gasteiger partial charge is 0.287 e. The van der Waals surface area contributed by atoms with Gasteiger partial charge < -0.3 is 0 Å². The average molecular weight is 504 g/mol. The van der Waals surface area contributed by atoms with Gasteiger partial charge in [0.25, 0.3) is 0 Å². The van der Waals surface area contributed by atoms with E-state index in [9.17, 15) is 4.57 Å². The van der Waals surface area contributed by atoms with E-state index in [0.29, 0.717) is 19.8 Å². The Bertz CT molecular complexity index is 181. The predicted molar refractivity (Wildman–Crippen MR) is 70.2 cm³/mol. The standard InChI is InChI=1S/C12H27O4P.U/c1-4-7-10-14-17(13,15-11-8-5-2)16-12-9-6-3;/h4-12H2,1-3H3;. The fourth-order valence-electron chi connectivity index (χ4n) is 1.07. The molecular formula is C12H27O4PU. The normalized spacial score (nSPS) is 11.3. The second-order valence-electron chi connectivity index (χ2n) is 4.01. The summed E-state index contributed by atoms with van der Waals surface area (Å²) in [4.78, 5) is 0. The molecule has 0 aliphatic heterocycles. The van der Waals surface area contributed by atoms with Gasteiger partial charge in [-0.2, -0.15) is 0 Å². The van der Waals surface area contributed by atoms with Crippen LogP contribution in [0.5, 0.6) is 0 Å². The van der Waals surface area contributed by atoms with Crippen molar-refractivity contribution in [2.24, 2.45) is 0 Å². The molecule has 0 unspecified atom stereocenters. The molecule has 6 heteroatoms. The maximum atomic E-state index is 12.2. The minimum absolute atomic E-state index is 0. The number of unbranched alkanes of at least 4 members (excludes halogenated alkanes) is 3. The first-order chi connectivity index (χ1) is 8.18. The van der Waals surface area contributed by atoms with Crippen molar-refractivity contribution in [2.75, 3.05) is 19.8 Å². The third kappa shape index (κ3) is 12.2. The second-order valence-corrected chi connectivity index (χ2v) is 5.68. The van der Waals surface area contributed by atoms with Crippen LogP contribution in [0.25, 0.3) is 0 Å². The fourth-order valence-corrected chi connectivity index (χ4v) is 2.36. The molecule has 0 aromatic rings. The van der Waals surface area contributed by atoms with Crippen LogP contribution in [-0.4, -0.2) is 19.8 Å². The van der Waals surface area contributed by atoms with Gasteiger partial charge in [0.05, 0.1) is 19.8 Å². The van der Waals surface area contributed by atoms with Gasteiger partial charge in [-0.05, 0) is 19.3 Å². The molecule has 0 radical (unpaired) electrons. The van der Waals surface area contributed by atoms with Crippen molar-refractivity contribution in [3.05, 3.63) is 0 Å². The van der Waals surface area contributed by atoms with Gasteiger partial charge in [-0.25, -0.2) is 4.57 Å². The van der Waals surface area contributed by atoms with E-state index >= 15 is 0 Å². The van der Waals surface area contributed by atoms with Crippen LogP contribution in [0.4, 0.5) is 0 Å². The van der Waals surface area contributed by atoms with Crippen molar-refractivity contribution in [3.63, 3.8) is 0 Å². The number of rotatable bonds is 12. The van der Waals surface area contributed by atoms with E-state index in [-0.39, 0.29) is 31.1 Å². The predicted octanol–water partition coefficient (Wildman–Crippen LogP) is 4.54. The van der Waals surface area contributed by atoms with Crippen LogP contribution in [0.2, 0.25) is 0 Å². The molecule has 0 saturated heterocycles. The molecule has 0 aliphatic carbocycles. The summed E-state index contributed by atoms with van der Waals surface area (Å²) in [5.74, 6) is 0. The topological polar surface area (TPSA) is 44.8 Å². The molecule has 0 aliphatic rings. The van der Waals surface area contributed by atoms with Gasteiger partial charge in [-0.15, -0.1) is 0 Å². The molecule has 0 amide bonds. The van der Waals surface area contributed by atoms with Gasteiger partial charge in [0.15, 0.2) is 0 Å². The molecule has 0 heterocycles. The third-order valence-corrected chi connectivity index (χ3v) is 3.74. The van der Waals surface area contributed by atoms with Crippen molar-refractivity contribution < 1.29 is 49.2 Å². The van der Waals surface area contributed by atoms with E-state index in [2.05, 4.69) is 20.8 Å². The first-order valence-corrected chi connectivity index (χ1v) is 8.18. The summed E-state index contributed by atoms with van der Waals surface area (Å²) in [5, 5.41) is 0. The molecule has 0 saturated carbocycles. The Morgan fingerprint density at radius 2 is 1.00 bits per heavy atom. The Hall–Kier alpha value is 1.16. The molecule has 108 valence electrons. The van der Waals surface area contributed by atoms with E-state index in [1.54, 1.807) is 0 Å². The fraction of sp³-hybridized carbons (Fsp3) is 1.00. The van der Waals surface area contributed by atoms with Crippen LogP contribution in [-0.2, 0) is 18.1 Å². The Labute approximate surface area is 136 Å². The quantitative estimate of drug-likeness (QED) is 0.289. The minimum atomic E-state index is -3.31. The maximum Gasteiger partial charge on any atom is 0.474 e. The molecule has 4 nitrogen and oxygen atoms in total. The van der Waals surface area contributed by atoms with Gasteiger partial charge in [-0.3, -0.25) is 13.6 Å². The van der Waals surface area contributed by atoms with Crippen LogP contribution < -0.4 is 0 Å². The maximum absolute atomic E-state index is 12.2. The number of phosphoric acid groups is 1. The molecule has 0 aromatic carbocycles. The SMILES string of the molecule is CCCCOP(=O)(OCCCC)OCCCC.[U]. The van der Waals surface area contributed by atoms with Crippen LogP contribution >= 0.6 is 7.82 Å². The van der Waals surface area contributed by atoms with E-state index < -0.39 is 7.82 Å². The molecule has 0 N–H and O–H groups in total. The Morgan fingerprint density at radius 3 is 1.22 bits per heavy atom. The van der Waals surface area contributed by atoms with Crippen LogP contribution in [0, 0.1) is 31.1 Å². The van der Waals surface area contributed by atoms with E-state index in [1.807, 2.05) is 0 Å². The van der Waals surface area contributed by atoms with E-state index in [0.717, 1.165) is 38.5 Å². The third-order valence-electron chi connectivity index (χ3n) is 2.24. The Kier molecular flexibility index (Phi) is 17.4. The molecule has 0 atom stereocenters. The summed E-state index contributed by atoms with van der Waals surface area (Å²) in [6.07, 6.45) is 5.63. The largest absolute Gasteiger partial charge is 0.474 e. The molecule has 0 fully saturated rings. The first-order valence-electron chi connectivity index (χ1n) is 6.72. The monoisotopic (exact) mass is 504 g/mol. The minimum Gasteiger partial charge on any atom is -0.287 e. The van der Waals surface area contributed by atoms with E-state index in [1.165, 1.54) is 0 Å². The summed E-state index contributed by atoms with van der Waals surface area (Å²) in [5.41, 5.74) is 0. The van der Waals surface area contributed by atoms with Crippen molar-refractivity contribution in [1.82, 2.24) is 0 Å². The van der Waals surface area contributed by atoms with Crippen LogP contribution in [0.1, 0.15) is 59.3 Å². The number of hydrogen-bond donors (Lipinski definition) is 0. The molecule has 0 rings (SSSR count). The Balaban J connectivity index is 0. The second kappa shape index (κ2) is 14.6. The zero-order valence-electron chi connectivity index (χ0n) is 11.9. The summed E-state index contributed by atoms with van der Waals surface area (Å²) in [6, 6.07) is 0. The summed E-state index contributed by atoms with van der Waals surface area (Å²) < 4.78 is 28.0. The zero-order chi connectivity index (χ0) is 13.0. The summed E-state index contributed by atoms with van der Waals surface area (Å²) in [7, 11) is -3.31.